The quantitative estimate of drug-likeness (QED) is 0.397. The Balaban J connectivity index is 1.35. The molecule has 4 rings (SSSR count). The molecule has 1 aromatic heterocycles. The molecule has 0 unspecified atom stereocenters. The number of tetrazole rings is 1. The normalized spacial score (nSPS) is 10.9. The lowest BCUT2D eigenvalue weighted by Gasteiger charge is -2.06. The molecule has 138 valence electrons. The number of hydrazone groups is 1. The van der Waals surface area contributed by atoms with Gasteiger partial charge in [0.25, 0.3) is 5.95 Å². The van der Waals surface area contributed by atoms with Crippen LogP contribution in [-0.2, 0) is 6.61 Å². The molecule has 0 bridgehead atoms. The van der Waals surface area contributed by atoms with Crippen LogP contribution in [0.15, 0.2) is 90.0 Å². The molecular weight excluding hydrogens is 352 g/mol. The number of nitrogens with zero attached hydrogens (tertiary/aromatic N) is 5. The van der Waals surface area contributed by atoms with Gasteiger partial charge in [0.2, 0.25) is 0 Å². The number of benzene rings is 3. The highest BCUT2D eigenvalue weighted by Gasteiger charge is 2.06. The second-order valence-electron chi connectivity index (χ2n) is 5.96. The van der Waals surface area contributed by atoms with E-state index in [-0.39, 0.29) is 0 Å². The van der Waals surface area contributed by atoms with E-state index in [9.17, 15) is 0 Å². The van der Waals surface area contributed by atoms with E-state index in [1.807, 2.05) is 84.9 Å². The van der Waals surface area contributed by atoms with Gasteiger partial charge in [-0.15, -0.1) is 0 Å². The zero-order valence-corrected chi connectivity index (χ0v) is 15.0. The molecule has 0 spiro atoms. The van der Waals surface area contributed by atoms with E-state index in [1.165, 1.54) is 0 Å². The van der Waals surface area contributed by atoms with Crippen LogP contribution < -0.4 is 10.2 Å². The third-order valence-electron chi connectivity index (χ3n) is 3.98. The zero-order chi connectivity index (χ0) is 19.0. The molecule has 0 amide bonds. The van der Waals surface area contributed by atoms with Gasteiger partial charge in [-0.1, -0.05) is 53.6 Å². The van der Waals surface area contributed by atoms with Crippen LogP contribution in [0.1, 0.15) is 11.1 Å². The first-order chi connectivity index (χ1) is 13.9. The second-order valence-corrected chi connectivity index (χ2v) is 5.96. The molecular formula is C21H18N6O. The number of ether oxygens (including phenoxy) is 1. The Kier molecular flexibility index (Phi) is 5.34. The molecule has 0 atom stereocenters. The summed E-state index contributed by atoms with van der Waals surface area (Å²) in [5.74, 6) is 1.24. The molecule has 1 heterocycles. The van der Waals surface area contributed by atoms with Crippen molar-refractivity contribution in [1.29, 1.82) is 0 Å². The van der Waals surface area contributed by atoms with Crippen molar-refractivity contribution in [2.75, 3.05) is 5.43 Å². The minimum absolute atomic E-state index is 0.435. The summed E-state index contributed by atoms with van der Waals surface area (Å²) in [5.41, 5.74) is 5.78. The van der Waals surface area contributed by atoms with Crippen LogP contribution in [0.5, 0.6) is 5.75 Å². The lowest BCUT2D eigenvalue weighted by molar-refractivity contribution is 0.306. The van der Waals surface area contributed by atoms with Crippen LogP contribution >= 0.6 is 0 Å². The van der Waals surface area contributed by atoms with Crippen molar-refractivity contribution in [3.05, 3.63) is 96.1 Å². The molecule has 0 radical (unpaired) electrons. The molecule has 1 N–H and O–H groups in total. The molecule has 7 heteroatoms. The number of nitrogens with one attached hydrogen (secondary N) is 1. The molecule has 7 nitrogen and oxygen atoms in total. The van der Waals surface area contributed by atoms with Crippen LogP contribution in [0.25, 0.3) is 5.69 Å². The monoisotopic (exact) mass is 370 g/mol. The number of rotatable bonds is 7. The third-order valence-corrected chi connectivity index (χ3v) is 3.98. The highest BCUT2D eigenvalue weighted by molar-refractivity contribution is 5.80. The molecule has 3 aromatic carbocycles. The van der Waals surface area contributed by atoms with Gasteiger partial charge in [0.05, 0.1) is 11.9 Å². The third kappa shape index (κ3) is 4.39. The van der Waals surface area contributed by atoms with E-state index in [0.717, 1.165) is 22.6 Å². The Bertz CT molecular complexity index is 1030. The maximum Gasteiger partial charge on any atom is 0.268 e. The smallest absolute Gasteiger partial charge is 0.268 e. The highest BCUT2D eigenvalue weighted by atomic mass is 16.5. The lowest BCUT2D eigenvalue weighted by Crippen LogP contribution is -2.03. The minimum Gasteiger partial charge on any atom is -0.489 e. The van der Waals surface area contributed by atoms with Gasteiger partial charge in [0.1, 0.15) is 12.4 Å². The molecule has 0 saturated carbocycles. The van der Waals surface area contributed by atoms with Gasteiger partial charge in [-0.25, -0.2) is 5.43 Å². The minimum atomic E-state index is 0.435. The van der Waals surface area contributed by atoms with E-state index in [4.69, 9.17) is 4.74 Å². The summed E-state index contributed by atoms with van der Waals surface area (Å²) in [6.07, 6.45) is 1.70. The van der Waals surface area contributed by atoms with Crippen LogP contribution in [-0.4, -0.2) is 26.4 Å². The Labute approximate surface area is 162 Å². The fourth-order valence-electron chi connectivity index (χ4n) is 2.56. The van der Waals surface area contributed by atoms with E-state index in [1.54, 1.807) is 10.9 Å². The fraction of sp³-hybridized carbons (Fsp3) is 0.0476. The summed E-state index contributed by atoms with van der Waals surface area (Å²) in [7, 11) is 0. The van der Waals surface area contributed by atoms with Crippen molar-refractivity contribution in [1.82, 2.24) is 20.2 Å². The zero-order valence-electron chi connectivity index (χ0n) is 15.0. The molecule has 0 saturated heterocycles. The SMILES string of the molecule is C(=NNc1nnnn1-c1ccccc1)c1ccc(OCc2ccccc2)cc1. The Morgan fingerprint density at radius 2 is 1.61 bits per heavy atom. The first-order valence-electron chi connectivity index (χ1n) is 8.78. The number of para-hydroxylation sites is 1. The van der Waals surface area contributed by atoms with Crippen LogP contribution in [0.3, 0.4) is 0 Å². The van der Waals surface area contributed by atoms with Crippen LogP contribution in [0.2, 0.25) is 0 Å². The summed E-state index contributed by atoms with van der Waals surface area (Å²) < 4.78 is 7.37. The first-order valence-corrected chi connectivity index (χ1v) is 8.78. The molecule has 0 aliphatic carbocycles. The average Bonchev–Trinajstić information content (AvgIpc) is 3.23. The number of aromatic nitrogens is 4. The molecule has 0 fully saturated rings. The summed E-state index contributed by atoms with van der Waals surface area (Å²) in [5, 5.41) is 15.8. The van der Waals surface area contributed by atoms with E-state index in [2.05, 4.69) is 26.1 Å². The van der Waals surface area contributed by atoms with Crippen molar-refractivity contribution < 1.29 is 4.74 Å². The van der Waals surface area contributed by atoms with Gasteiger partial charge in [0.15, 0.2) is 0 Å². The van der Waals surface area contributed by atoms with Gasteiger partial charge in [0, 0.05) is 0 Å². The van der Waals surface area contributed by atoms with Gasteiger partial charge in [-0.3, -0.25) is 0 Å². The van der Waals surface area contributed by atoms with Gasteiger partial charge in [-0.05, 0) is 58.0 Å². The summed E-state index contributed by atoms with van der Waals surface area (Å²) >= 11 is 0. The van der Waals surface area contributed by atoms with Crippen molar-refractivity contribution in [2.45, 2.75) is 6.61 Å². The number of anilines is 1. The largest absolute Gasteiger partial charge is 0.489 e. The average molecular weight is 370 g/mol. The van der Waals surface area contributed by atoms with Crippen molar-refractivity contribution in [3.63, 3.8) is 0 Å². The second kappa shape index (κ2) is 8.59. The van der Waals surface area contributed by atoms with E-state index in [0.29, 0.717) is 12.6 Å². The topological polar surface area (TPSA) is 77.2 Å². The predicted octanol–water partition coefficient (Wildman–Crippen LogP) is 3.69. The van der Waals surface area contributed by atoms with Crippen LogP contribution in [0.4, 0.5) is 5.95 Å². The standard InChI is InChI=1S/C21H18N6O/c1-3-7-18(8-4-1)16-28-20-13-11-17(12-14-20)15-22-23-21-24-25-26-27(21)19-9-5-2-6-10-19/h1-15H,16H2,(H,23,24,26). The van der Waals surface area contributed by atoms with Gasteiger partial charge in [-0.2, -0.15) is 9.78 Å². The molecule has 28 heavy (non-hydrogen) atoms. The van der Waals surface area contributed by atoms with Crippen LogP contribution in [0, 0.1) is 0 Å². The first kappa shape index (κ1) is 17.4. The fourth-order valence-corrected chi connectivity index (χ4v) is 2.56. The number of hydrogen-bond donors (Lipinski definition) is 1. The Hall–Kier alpha value is -4.00. The number of hydrogen-bond acceptors (Lipinski definition) is 6. The Morgan fingerprint density at radius 1 is 0.893 bits per heavy atom. The summed E-state index contributed by atoms with van der Waals surface area (Å²) in [6, 6.07) is 27.4. The predicted molar refractivity (Wildman–Crippen MR) is 108 cm³/mol. The van der Waals surface area contributed by atoms with E-state index < -0.39 is 0 Å². The summed E-state index contributed by atoms with van der Waals surface area (Å²) in [4.78, 5) is 0. The van der Waals surface area contributed by atoms with Gasteiger partial charge >= 0.3 is 0 Å². The van der Waals surface area contributed by atoms with Crippen molar-refractivity contribution >= 4 is 12.2 Å². The molecule has 4 aromatic rings. The highest BCUT2D eigenvalue weighted by Crippen LogP contribution is 2.14. The van der Waals surface area contributed by atoms with Crippen molar-refractivity contribution in [3.8, 4) is 11.4 Å². The molecule has 0 aliphatic heterocycles. The maximum atomic E-state index is 5.79. The van der Waals surface area contributed by atoms with E-state index >= 15 is 0 Å². The van der Waals surface area contributed by atoms with Crippen molar-refractivity contribution in [2.24, 2.45) is 5.10 Å². The maximum absolute atomic E-state index is 5.79. The Morgan fingerprint density at radius 3 is 2.36 bits per heavy atom. The van der Waals surface area contributed by atoms with Gasteiger partial charge < -0.3 is 4.74 Å². The molecule has 0 aliphatic rings. The summed E-state index contributed by atoms with van der Waals surface area (Å²) in [6.45, 7) is 0.540. The lowest BCUT2D eigenvalue weighted by atomic mass is 10.2.